The Morgan fingerprint density at radius 1 is 1.53 bits per heavy atom. The molecule has 1 heterocycles. The highest BCUT2D eigenvalue weighted by Crippen LogP contribution is 2.10. The van der Waals surface area contributed by atoms with Crippen LogP contribution in [0.15, 0.2) is 6.20 Å². The van der Waals surface area contributed by atoms with Gasteiger partial charge in [-0.25, -0.2) is 4.79 Å². The van der Waals surface area contributed by atoms with Gasteiger partial charge in [-0.05, 0) is 20.3 Å². The number of aromatic nitrogens is 2. The average Bonchev–Trinajstić information content (AvgIpc) is 2.75. The highest BCUT2D eigenvalue weighted by molar-refractivity contribution is 5.90. The van der Waals surface area contributed by atoms with Crippen LogP contribution < -0.4 is 5.32 Å². The van der Waals surface area contributed by atoms with Crippen molar-refractivity contribution in [2.45, 2.75) is 52.6 Å². The predicted molar refractivity (Wildman–Crippen MR) is 75.0 cm³/mol. The molecule has 1 atom stereocenters. The van der Waals surface area contributed by atoms with Crippen molar-refractivity contribution < 1.29 is 9.53 Å². The van der Waals surface area contributed by atoms with E-state index < -0.39 is 0 Å². The lowest BCUT2D eigenvalue weighted by atomic mass is 10.1. The largest absolute Gasteiger partial charge is 0.462 e. The molecule has 0 aliphatic carbocycles. The second kappa shape index (κ2) is 7.94. The van der Waals surface area contributed by atoms with Crippen molar-refractivity contribution in [2.75, 3.05) is 6.61 Å². The fourth-order valence-electron chi connectivity index (χ4n) is 1.94. The van der Waals surface area contributed by atoms with Gasteiger partial charge in [0.1, 0.15) is 5.56 Å². The van der Waals surface area contributed by atoms with Crippen LogP contribution in [-0.4, -0.2) is 28.4 Å². The molecule has 5 heteroatoms. The number of ether oxygens (including phenoxy) is 1. The zero-order valence-electron chi connectivity index (χ0n) is 12.4. The Bertz CT molecular complexity index is 401. The summed E-state index contributed by atoms with van der Waals surface area (Å²) in [5.41, 5.74) is 1.43. The first kappa shape index (κ1) is 15.7. The number of nitrogens with one attached hydrogen (secondary N) is 1. The standard InChI is InChI=1S/C14H25N3O2/c1-5-7-8-11(3)15-10-13-12(9-16-17(13)4)14(18)19-6-2/h9,11,15H,5-8,10H2,1-4H3. The molecule has 0 aliphatic rings. The van der Waals surface area contributed by atoms with Gasteiger partial charge in [0.15, 0.2) is 0 Å². The Balaban J connectivity index is 2.62. The van der Waals surface area contributed by atoms with Crippen LogP contribution in [0.5, 0.6) is 0 Å². The molecule has 1 rings (SSSR count). The summed E-state index contributed by atoms with van der Waals surface area (Å²) in [7, 11) is 1.84. The highest BCUT2D eigenvalue weighted by atomic mass is 16.5. The second-order valence-electron chi connectivity index (χ2n) is 4.77. The molecule has 0 amide bonds. The van der Waals surface area contributed by atoms with Crippen molar-refractivity contribution >= 4 is 5.97 Å². The molecular formula is C14H25N3O2. The van der Waals surface area contributed by atoms with Crippen molar-refractivity contribution in [2.24, 2.45) is 7.05 Å². The van der Waals surface area contributed by atoms with Gasteiger partial charge in [0, 0.05) is 19.6 Å². The Labute approximate surface area is 115 Å². The number of aryl methyl sites for hydroxylation is 1. The van der Waals surface area contributed by atoms with E-state index in [0.29, 0.717) is 24.8 Å². The molecule has 0 saturated carbocycles. The van der Waals surface area contributed by atoms with Crippen LogP contribution in [0.1, 0.15) is 56.1 Å². The van der Waals surface area contributed by atoms with E-state index in [1.807, 2.05) is 7.05 Å². The summed E-state index contributed by atoms with van der Waals surface area (Å²) < 4.78 is 6.76. The van der Waals surface area contributed by atoms with Gasteiger partial charge in [-0.2, -0.15) is 5.10 Å². The molecule has 108 valence electrons. The van der Waals surface area contributed by atoms with Crippen LogP contribution in [0, 0.1) is 0 Å². The predicted octanol–water partition coefficient (Wildman–Crippen LogP) is 2.27. The van der Waals surface area contributed by atoms with Gasteiger partial charge >= 0.3 is 5.97 Å². The summed E-state index contributed by atoms with van der Waals surface area (Å²) >= 11 is 0. The number of esters is 1. The molecule has 1 N–H and O–H groups in total. The van der Waals surface area contributed by atoms with Crippen LogP contribution in [-0.2, 0) is 18.3 Å². The third-order valence-corrected chi connectivity index (χ3v) is 3.17. The van der Waals surface area contributed by atoms with Crippen LogP contribution in [0.25, 0.3) is 0 Å². The lowest BCUT2D eigenvalue weighted by Gasteiger charge is -2.14. The quantitative estimate of drug-likeness (QED) is 0.734. The van der Waals surface area contributed by atoms with E-state index in [1.54, 1.807) is 17.8 Å². The zero-order valence-corrected chi connectivity index (χ0v) is 12.4. The molecule has 1 unspecified atom stereocenters. The number of carbonyl (C=O) groups excluding carboxylic acids is 1. The molecule has 0 spiro atoms. The molecule has 1 aromatic rings. The zero-order chi connectivity index (χ0) is 14.3. The monoisotopic (exact) mass is 267 g/mol. The molecule has 0 aliphatic heterocycles. The third-order valence-electron chi connectivity index (χ3n) is 3.17. The topological polar surface area (TPSA) is 56.1 Å². The van der Waals surface area contributed by atoms with Gasteiger partial charge in [-0.15, -0.1) is 0 Å². The second-order valence-corrected chi connectivity index (χ2v) is 4.77. The van der Waals surface area contributed by atoms with E-state index in [1.165, 1.54) is 12.8 Å². The van der Waals surface area contributed by atoms with Crippen molar-refractivity contribution in [1.29, 1.82) is 0 Å². The van der Waals surface area contributed by atoms with E-state index in [0.717, 1.165) is 12.1 Å². The molecule has 0 saturated heterocycles. The number of unbranched alkanes of at least 4 members (excludes halogenated alkanes) is 1. The van der Waals surface area contributed by atoms with Crippen LogP contribution >= 0.6 is 0 Å². The van der Waals surface area contributed by atoms with E-state index in [4.69, 9.17) is 4.74 Å². The Kier molecular flexibility index (Phi) is 6.56. The van der Waals surface area contributed by atoms with Gasteiger partial charge in [-0.1, -0.05) is 19.8 Å². The minimum absolute atomic E-state index is 0.298. The molecule has 5 nitrogen and oxygen atoms in total. The smallest absolute Gasteiger partial charge is 0.341 e. The van der Waals surface area contributed by atoms with Gasteiger partial charge in [-0.3, -0.25) is 4.68 Å². The molecule has 0 aromatic carbocycles. The normalized spacial score (nSPS) is 12.4. The van der Waals surface area contributed by atoms with E-state index in [9.17, 15) is 4.79 Å². The van der Waals surface area contributed by atoms with Crippen LogP contribution in [0.4, 0.5) is 0 Å². The van der Waals surface area contributed by atoms with Crippen LogP contribution in [0.2, 0.25) is 0 Å². The van der Waals surface area contributed by atoms with Crippen molar-refractivity contribution in [3.8, 4) is 0 Å². The fourth-order valence-corrected chi connectivity index (χ4v) is 1.94. The van der Waals surface area contributed by atoms with Crippen molar-refractivity contribution in [3.63, 3.8) is 0 Å². The first-order valence-corrected chi connectivity index (χ1v) is 7.01. The summed E-state index contributed by atoms with van der Waals surface area (Å²) in [4.78, 5) is 11.8. The van der Waals surface area contributed by atoms with E-state index in [2.05, 4.69) is 24.3 Å². The Morgan fingerprint density at radius 3 is 2.89 bits per heavy atom. The maximum Gasteiger partial charge on any atom is 0.341 e. The fraction of sp³-hybridized carbons (Fsp3) is 0.714. The van der Waals surface area contributed by atoms with Crippen molar-refractivity contribution in [3.05, 3.63) is 17.5 Å². The molecule has 19 heavy (non-hydrogen) atoms. The summed E-state index contributed by atoms with van der Waals surface area (Å²) in [6.07, 6.45) is 5.13. The first-order valence-electron chi connectivity index (χ1n) is 7.01. The number of rotatable bonds is 8. The Hall–Kier alpha value is -1.36. The maximum atomic E-state index is 11.8. The van der Waals surface area contributed by atoms with Gasteiger partial charge in [0.2, 0.25) is 0 Å². The summed E-state index contributed by atoms with van der Waals surface area (Å²) in [5, 5.41) is 7.57. The first-order chi connectivity index (χ1) is 9.10. The molecular weight excluding hydrogens is 242 g/mol. The lowest BCUT2D eigenvalue weighted by molar-refractivity contribution is 0.0524. The molecule has 1 aromatic heterocycles. The molecule has 0 bridgehead atoms. The molecule has 0 fully saturated rings. The Morgan fingerprint density at radius 2 is 2.26 bits per heavy atom. The number of hydrogen-bond acceptors (Lipinski definition) is 4. The number of hydrogen-bond donors (Lipinski definition) is 1. The van der Waals surface area contributed by atoms with Gasteiger partial charge < -0.3 is 10.1 Å². The summed E-state index contributed by atoms with van der Waals surface area (Å²) in [6, 6.07) is 0.435. The van der Waals surface area contributed by atoms with E-state index >= 15 is 0 Å². The minimum atomic E-state index is -0.298. The summed E-state index contributed by atoms with van der Waals surface area (Å²) in [6.45, 7) is 7.17. The maximum absolute atomic E-state index is 11.8. The SMILES string of the molecule is CCCCC(C)NCc1c(C(=O)OCC)cnn1C. The minimum Gasteiger partial charge on any atom is -0.462 e. The molecule has 0 radical (unpaired) electrons. The van der Waals surface area contributed by atoms with Crippen molar-refractivity contribution in [1.82, 2.24) is 15.1 Å². The van der Waals surface area contributed by atoms with Gasteiger partial charge in [0.05, 0.1) is 18.5 Å². The highest BCUT2D eigenvalue weighted by Gasteiger charge is 2.17. The van der Waals surface area contributed by atoms with Gasteiger partial charge in [0.25, 0.3) is 0 Å². The number of carbonyl (C=O) groups is 1. The summed E-state index contributed by atoms with van der Waals surface area (Å²) in [5.74, 6) is -0.298. The average molecular weight is 267 g/mol. The lowest BCUT2D eigenvalue weighted by Crippen LogP contribution is -2.27. The van der Waals surface area contributed by atoms with Crippen LogP contribution in [0.3, 0.4) is 0 Å². The van der Waals surface area contributed by atoms with E-state index in [-0.39, 0.29) is 5.97 Å². The number of nitrogens with zero attached hydrogens (tertiary/aromatic N) is 2. The third kappa shape index (κ3) is 4.67.